The fourth-order valence-corrected chi connectivity index (χ4v) is 1.46. The summed E-state index contributed by atoms with van der Waals surface area (Å²) in [4.78, 5) is 0. The van der Waals surface area contributed by atoms with Crippen LogP contribution in [0, 0.1) is 5.41 Å². The zero-order valence-electron chi connectivity index (χ0n) is 10.8. The molecule has 0 amide bonds. The first-order chi connectivity index (χ1) is 8.02. The Labute approximate surface area is 116 Å². The Morgan fingerprint density at radius 2 is 1.74 bits per heavy atom. The Kier molecular flexibility index (Phi) is 5.53. The van der Waals surface area contributed by atoms with Crippen LogP contribution in [0.2, 0.25) is 0 Å². The van der Waals surface area contributed by atoms with Crippen molar-refractivity contribution in [1.82, 2.24) is 0 Å². The van der Waals surface area contributed by atoms with Gasteiger partial charge in [0.2, 0.25) is 0 Å². The molecule has 0 aliphatic heterocycles. The molecule has 1 rings (SSSR count). The minimum atomic E-state index is -4.85. The largest absolute Gasteiger partial charge is 0.573 e. The molecule has 0 radical (unpaired) electrons. The zero-order chi connectivity index (χ0) is 14.1. The van der Waals surface area contributed by atoms with E-state index < -0.39 is 29.3 Å². The number of hydrogen-bond acceptors (Lipinski definition) is 3. The second-order valence-electron chi connectivity index (χ2n) is 5.09. The summed E-state index contributed by atoms with van der Waals surface area (Å²) < 4.78 is 40.1. The van der Waals surface area contributed by atoms with Gasteiger partial charge in [0.25, 0.3) is 0 Å². The molecule has 0 bridgehead atoms. The molecule has 1 aromatic rings. The first-order valence-corrected chi connectivity index (χ1v) is 5.35. The third kappa shape index (κ3) is 4.80. The fraction of sp³-hybridized carbons (Fsp3) is 0.500. The topological polar surface area (TPSA) is 55.5 Å². The number of hydrogen-bond donors (Lipinski definition) is 2. The standard InChI is InChI=1S/C12H16F3NO2.ClH/c1-11(2,3)10(16)7-5-4-6-8(9(7)17)18-12(13,14)15;/h4-6,10,17H,16H2,1-3H3;1H/t10-;/m1./s1. The Morgan fingerprint density at radius 1 is 1.21 bits per heavy atom. The lowest BCUT2D eigenvalue weighted by atomic mass is 9.82. The van der Waals surface area contributed by atoms with Gasteiger partial charge in [0.05, 0.1) is 0 Å². The monoisotopic (exact) mass is 299 g/mol. The first-order valence-electron chi connectivity index (χ1n) is 5.35. The Balaban J connectivity index is 0.00000324. The van der Waals surface area contributed by atoms with Crippen LogP contribution in [0.3, 0.4) is 0 Å². The number of rotatable bonds is 2. The maximum absolute atomic E-state index is 12.1. The molecule has 110 valence electrons. The van der Waals surface area contributed by atoms with Crippen LogP contribution in [0.15, 0.2) is 18.2 Å². The van der Waals surface area contributed by atoms with Crippen molar-refractivity contribution >= 4 is 12.4 Å². The predicted octanol–water partition coefficient (Wildman–Crippen LogP) is 3.76. The van der Waals surface area contributed by atoms with Crippen molar-refractivity contribution in [1.29, 1.82) is 0 Å². The second-order valence-corrected chi connectivity index (χ2v) is 5.09. The summed E-state index contributed by atoms with van der Waals surface area (Å²) in [5.41, 5.74) is 5.74. The predicted molar refractivity (Wildman–Crippen MR) is 68.4 cm³/mol. The quantitative estimate of drug-likeness (QED) is 0.874. The van der Waals surface area contributed by atoms with Gasteiger partial charge in [-0.05, 0) is 11.5 Å². The number of benzene rings is 1. The van der Waals surface area contributed by atoms with E-state index in [1.807, 2.05) is 20.8 Å². The summed E-state index contributed by atoms with van der Waals surface area (Å²) in [6, 6.07) is 3.28. The molecule has 0 aliphatic rings. The average Bonchev–Trinajstić information content (AvgIpc) is 2.17. The Bertz CT molecular complexity index is 430. The molecule has 3 nitrogen and oxygen atoms in total. The summed E-state index contributed by atoms with van der Waals surface area (Å²) in [5.74, 6) is -1.21. The molecule has 1 aromatic carbocycles. The van der Waals surface area contributed by atoms with E-state index in [1.54, 1.807) is 0 Å². The third-order valence-electron chi connectivity index (χ3n) is 2.52. The zero-order valence-corrected chi connectivity index (χ0v) is 11.6. The van der Waals surface area contributed by atoms with E-state index in [9.17, 15) is 18.3 Å². The molecular weight excluding hydrogens is 283 g/mol. The molecule has 19 heavy (non-hydrogen) atoms. The number of alkyl halides is 3. The number of nitrogens with two attached hydrogens (primary N) is 1. The van der Waals surface area contributed by atoms with Gasteiger partial charge in [0, 0.05) is 11.6 Å². The minimum absolute atomic E-state index is 0. The van der Waals surface area contributed by atoms with Gasteiger partial charge in [-0.15, -0.1) is 25.6 Å². The van der Waals surface area contributed by atoms with Crippen molar-refractivity contribution in [3.63, 3.8) is 0 Å². The van der Waals surface area contributed by atoms with Crippen LogP contribution in [0.25, 0.3) is 0 Å². The van der Waals surface area contributed by atoms with Crippen LogP contribution in [0.1, 0.15) is 32.4 Å². The number of halogens is 4. The van der Waals surface area contributed by atoms with Crippen molar-refractivity contribution in [2.24, 2.45) is 11.1 Å². The fourth-order valence-electron chi connectivity index (χ4n) is 1.46. The highest BCUT2D eigenvalue weighted by atomic mass is 35.5. The number of phenolic OH excluding ortho intramolecular Hbond substituents is 1. The van der Waals surface area contributed by atoms with Gasteiger partial charge in [-0.2, -0.15) is 0 Å². The van der Waals surface area contributed by atoms with Crippen molar-refractivity contribution < 1.29 is 23.0 Å². The summed E-state index contributed by atoms with van der Waals surface area (Å²) in [6.07, 6.45) is -4.85. The van der Waals surface area contributed by atoms with E-state index in [1.165, 1.54) is 12.1 Å². The lowest BCUT2D eigenvalue weighted by Gasteiger charge is -2.28. The van der Waals surface area contributed by atoms with E-state index in [4.69, 9.17) is 5.73 Å². The van der Waals surface area contributed by atoms with Gasteiger partial charge in [-0.3, -0.25) is 0 Å². The SMILES string of the molecule is CC(C)(C)[C@H](N)c1cccc(OC(F)(F)F)c1O.Cl. The molecule has 7 heteroatoms. The van der Waals surface area contributed by atoms with Crippen LogP contribution >= 0.6 is 12.4 Å². The molecule has 0 saturated heterocycles. The molecule has 0 aromatic heterocycles. The first kappa shape index (κ1) is 17.9. The van der Waals surface area contributed by atoms with E-state index in [-0.39, 0.29) is 18.0 Å². The number of ether oxygens (including phenoxy) is 1. The maximum Gasteiger partial charge on any atom is 0.573 e. The average molecular weight is 300 g/mol. The van der Waals surface area contributed by atoms with Crippen LogP contribution in [0.4, 0.5) is 13.2 Å². The summed E-state index contributed by atoms with van der Waals surface area (Å²) in [5, 5.41) is 9.78. The Morgan fingerprint density at radius 3 is 2.16 bits per heavy atom. The van der Waals surface area contributed by atoms with Crippen LogP contribution in [-0.4, -0.2) is 11.5 Å². The molecule has 0 unspecified atom stereocenters. The summed E-state index contributed by atoms with van der Waals surface area (Å²) >= 11 is 0. The van der Waals surface area contributed by atoms with Crippen molar-refractivity contribution in [2.45, 2.75) is 33.2 Å². The van der Waals surface area contributed by atoms with E-state index in [2.05, 4.69) is 4.74 Å². The normalized spacial score (nSPS) is 13.6. The lowest BCUT2D eigenvalue weighted by molar-refractivity contribution is -0.275. The van der Waals surface area contributed by atoms with Gasteiger partial charge >= 0.3 is 6.36 Å². The van der Waals surface area contributed by atoms with Crippen LogP contribution in [-0.2, 0) is 0 Å². The molecule has 0 heterocycles. The number of aromatic hydroxyl groups is 1. The molecular formula is C12H17ClF3NO2. The second kappa shape index (κ2) is 5.88. The van der Waals surface area contributed by atoms with Gasteiger partial charge in [-0.25, -0.2) is 0 Å². The summed E-state index contributed by atoms with van der Waals surface area (Å²) in [7, 11) is 0. The van der Waals surface area contributed by atoms with Gasteiger partial charge in [-0.1, -0.05) is 32.9 Å². The molecule has 0 saturated carbocycles. The number of phenols is 1. The highest BCUT2D eigenvalue weighted by Gasteiger charge is 2.33. The van der Waals surface area contributed by atoms with Gasteiger partial charge in [0.15, 0.2) is 11.5 Å². The highest BCUT2D eigenvalue weighted by Crippen LogP contribution is 2.41. The highest BCUT2D eigenvalue weighted by molar-refractivity contribution is 5.85. The third-order valence-corrected chi connectivity index (χ3v) is 2.52. The van der Waals surface area contributed by atoms with Crippen LogP contribution in [0.5, 0.6) is 11.5 Å². The van der Waals surface area contributed by atoms with Crippen molar-refractivity contribution in [3.8, 4) is 11.5 Å². The molecule has 0 spiro atoms. The van der Waals surface area contributed by atoms with Crippen molar-refractivity contribution in [2.75, 3.05) is 0 Å². The smallest absolute Gasteiger partial charge is 0.504 e. The molecule has 0 fully saturated rings. The number of para-hydroxylation sites is 1. The van der Waals surface area contributed by atoms with Crippen molar-refractivity contribution in [3.05, 3.63) is 23.8 Å². The molecule has 1 atom stereocenters. The van der Waals surface area contributed by atoms with E-state index >= 15 is 0 Å². The van der Waals surface area contributed by atoms with Gasteiger partial charge in [0.1, 0.15) is 0 Å². The minimum Gasteiger partial charge on any atom is -0.504 e. The Hall–Kier alpha value is -1.14. The lowest BCUT2D eigenvalue weighted by Crippen LogP contribution is -2.26. The van der Waals surface area contributed by atoms with E-state index in [0.717, 1.165) is 6.07 Å². The summed E-state index contributed by atoms with van der Waals surface area (Å²) in [6.45, 7) is 5.48. The van der Waals surface area contributed by atoms with E-state index in [0.29, 0.717) is 0 Å². The van der Waals surface area contributed by atoms with Crippen LogP contribution < -0.4 is 10.5 Å². The molecule has 0 aliphatic carbocycles. The van der Waals surface area contributed by atoms with Gasteiger partial charge < -0.3 is 15.6 Å². The molecule has 3 N–H and O–H groups in total. The maximum atomic E-state index is 12.1.